The van der Waals surface area contributed by atoms with Crippen LogP contribution in [0.4, 0.5) is 0 Å². The van der Waals surface area contributed by atoms with Gasteiger partial charge >= 0.3 is 5.97 Å². The number of hydrogen-bond donors (Lipinski definition) is 1. The molecule has 5 heteroatoms. The molecule has 1 aliphatic heterocycles. The van der Waals surface area contributed by atoms with Crippen LogP contribution in [-0.4, -0.2) is 51.6 Å². The third-order valence-corrected chi connectivity index (χ3v) is 2.88. The van der Waals surface area contributed by atoms with Gasteiger partial charge in [-0.1, -0.05) is 6.92 Å². The SMILES string of the molecule is COC(=O)C(C)C(C)NCC1COCCO1. The van der Waals surface area contributed by atoms with Crippen LogP contribution in [0.15, 0.2) is 0 Å². The normalized spacial score (nSPS) is 24.8. The van der Waals surface area contributed by atoms with Crippen molar-refractivity contribution in [2.75, 3.05) is 33.5 Å². The lowest BCUT2D eigenvalue weighted by Crippen LogP contribution is -2.44. The van der Waals surface area contributed by atoms with Gasteiger partial charge in [-0.3, -0.25) is 4.79 Å². The van der Waals surface area contributed by atoms with Crippen LogP contribution in [0, 0.1) is 5.92 Å². The van der Waals surface area contributed by atoms with E-state index in [0.717, 1.165) is 0 Å². The summed E-state index contributed by atoms with van der Waals surface area (Å²) in [5.41, 5.74) is 0. The summed E-state index contributed by atoms with van der Waals surface area (Å²) in [6, 6.07) is 0.0676. The molecule has 0 spiro atoms. The second-order valence-corrected chi connectivity index (χ2v) is 4.08. The number of hydrogen-bond acceptors (Lipinski definition) is 5. The number of rotatable bonds is 5. The van der Waals surface area contributed by atoms with Crippen molar-refractivity contribution in [3.8, 4) is 0 Å². The largest absolute Gasteiger partial charge is 0.469 e. The molecule has 0 aromatic heterocycles. The Labute approximate surface area is 96.4 Å². The first-order valence-electron chi connectivity index (χ1n) is 5.65. The molecule has 5 nitrogen and oxygen atoms in total. The van der Waals surface area contributed by atoms with E-state index >= 15 is 0 Å². The Morgan fingerprint density at radius 1 is 1.50 bits per heavy atom. The van der Waals surface area contributed by atoms with E-state index in [1.165, 1.54) is 7.11 Å². The molecule has 0 radical (unpaired) electrons. The van der Waals surface area contributed by atoms with Crippen molar-refractivity contribution in [2.24, 2.45) is 5.92 Å². The number of nitrogens with one attached hydrogen (secondary N) is 1. The highest BCUT2D eigenvalue weighted by atomic mass is 16.6. The Hall–Kier alpha value is -0.650. The van der Waals surface area contributed by atoms with Crippen molar-refractivity contribution < 1.29 is 19.0 Å². The quantitative estimate of drug-likeness (QED) is 0.684. The molecule has 0 bridgehead atoms. The fourth-order valence-corrected chi connectivity index (χ4v) is 1.54. The van der Waals surface area contributed by atoms with Gasteiger partial charge in [0, 0.05) is 12.6 Å². The highest BCUT2D eigenvalue weighted by molar-refractivity contribution is 5.72. The molecule has 0 aromatic carbocycles. The minimum absolute atomic E-state index is 0.0676. The predicted octanol–water partition coefficient (Wildman–Crippen LogP) is 0.189. The Morgan fingerprint density at radius 3 is 2.81 bits per heavy atom. The van der Waals surface area contributed by atoms with Gasteiger partial charge in [0.05, 0.1) is 39.0 Å². The van der Waals surface area contributed by atoms with E-state index in [4.69, 9.17) is 14.2 Å². The topological polar surface area (TPSA) is 56.8 Å². The van der Waals surface area contributed by atoms with Gasteiger partial charge in [0.1, 0.15) is 0 Å². The monoisotopic (exact) mass is 231 g/mol. The summed E-state index contributed by atoms with van der Waals surface area (Å²) in [6.07, 6.45) is 0.0843. The average molecular weight is 231 g/mol. The van der Waals surface area contributed by atoms with E-state index < -0.39 is 0 Å². The molecule has 1 fully saturated rings. The molecule has 1 aliphatic rings. The molecule has 0 saturated carbocycles. The van der Waals surface area contributed by atoms with Crippen molar-refractivity contribution in [1.29, 1.82) is 0 Å². The van der Waals surface area contributed by atoms with Crippen LogP contribution in [0.3, 0.4) is 0 Å². The van der Waals surface area contributed by atoms with Crippen LogP contribution < -0.4 is 5.32 Å². The molecule has 1 saturated heterocycles. The zero-order valence-electron chi connectivity index (χ0n) is 10.2. The first-order chi connectivity index (χ1) is 7.65. The minimum atomic E-state index is -0.194. The molecule has 94 valence electrons. The van der Waals surface area contributed by atoms with E-state index in [-0.39, 0.29) is 24.0 Å². The summed E-state index contributed by atoms with van der Waals surface area (Å²) in [5.74, 6) is -0.352. The second-order valence-electron chi connectivity index (χ2n) is 4.08. The lowest BCUT2D eigenvalue weighted by molar-refractivity contribution is -0.145. The molecular weight excluding hydrogens is 210 g/mol. The summed E-state index contributed by atoms with van der Waals surface area (Å²) >= 11 is 0. The number of carbonyl (C=O) groups excluding carboxylic acids is 1. The maximum Gasteiger partial charge on any atom is 0.309 e. The van der Waals surface area contributed by atoms with Crippen LogP contribution in [0.1, 0.15) is 13.8 Å². The second kappa shape index (κ2) is 6.83. The Kier molecular flexibility index (Phi) is 5.73. The lowest BCUT2D eigenvalue weighted by atomic mass is 10.0. The standard InChI is InChI=1S/C11H21NO4/c1-8(11(13)14-3)9(2)12-6-10-7-15-4-5-16-10/h8-10,12H,4-7H2,1-3H3. The highest BCUT2D eigenvalue weighted by Gasteiger charge is 2.22. The molecule has 16 heavy (non-hydrogen) atoms. The van der Waals surface area contributed by atoms with Crippen molar-refractivity contribution in [2.45, 2.75) is 26.0 Å². The van der Waals surface area contributed by atoms with Crippen LogP contribution in [0.25, 0.3) is 0 Å². The lowest BCUT2D eigenvalue weighted by Gasteiger charge is -2.26. The Balaban J connectivity index is 2.22. The fraction of sp³-hybridized carbons (Fsp3) is 0.909. The van der Waals surface area contributed by atoms with E-state index in [2.05, 4.69) is 5.32 Å². The van der Waals surface area contributed by atoms with E-state index in [1.54, 1.807) is 0 Å². The average Bonchev–Trinajstić information content (AvgIpc) is 2.35. The van der Waals surface area contributed by atoms with Gasteiger partial charge < -0.3 is 19.5 Å². The molecular formula is C11H21NO4. The summed E-state index contributed by atoms with van der Waals surface area (Å²) in [7, 11) is 1.41. The number of carbonyl (C=O) groups is 1. The first kappa shape index (κ1) is 13.4. The predicted molar refractivity (Wildman–Crippen MR) is 59.2 cm³/mol. The number of ether oxygens (including phenoxy) is 3. The van der Waals surface area contributed by atoms with Gasteiger partial charge in [-0.05, 0) is 6.92 Å². The van der Waals surface area contributed by atoms with Crippen molar-refractivity contribution in [3.05, 3.63) is 0 Å². The summed E-state index contributed by atoms with van der Waals surface area (Å²) in [5, 5.41) is 3.26. The third-order valence-electron chi connectivity index (χ3n) is 2.88. The van der Waals surface area contributed by atoms with Gasteiger partial charge in [-0.15, -0.1) is 0 Å². The molecule has 0 amide bonds. The smallest absolute Gasteiger partial charge is 0.309 e. The zero-order valence-corrected chi connectivity index (χ0v) is 10.2. The first-order valence-corrected chi connectivity index (χ1v) is 5.65. The van der Waals surface area contributed by atoms with Gasteiger partial charge in [-0.2, -0.15) is 0 Å². The Bertz CT molecular complexity index is 216. The highest BCUT2D eigenvalue weighted by Crippen LogP contribution is 2.06. The minimum Gasteiger partial charge on any atom is -0.469 e. The van der Waals surface area contributed by atoms with Gasteiger partial charge in [-0.25, -0.2) is 0 Å². The zero-order chi connectivity index (χ0) is 12.0. The third kappa shape index (κ3) is 4.08. The van der Waals surface area contributed by atoms with Gasteiger partial charge in [0.2, 0.25) is 0 Å². The maximum absolute atomic E-state index is 11.3. The van der Waals surface area contributed by atoms with Gasteiger partial charge in [0.15, 0.2) is 0 Å². The summed E-state index contributed by atoms with van der Waals surface area (Å²) in [6.45, 7) is 6.44. The Morgan fingerprint density at radius 2 is 2.25 bits per heavy atom. The summed E-state index contributed by atoms with van der Waals surface area (Å²) < 4.78 is 15.5. The van der Waals surface area contributed by atoms with Gasteiger partial charge in [0.25, 0.3) is 0 Å². The summed E-state index contributed by atoms with van der Waals surface area (Å²) in [4.78, 5) is 11.3. The molecule has 3 unspecified atom stereocenters. The van der Waals surface area contributed by atoms with Crippen LogP contribution in [0.2, 0.25) is 0 Å². The van der Waals surface area contributed by atoms with Crippen molar-refractivity contribution >= 4 is 5.97 Å². The molecule has 0 aliphatic carbocycles. The molecule has 1 heterocycles. The molecule has 1 rings (SSSR count). The van der Waals surface area contributed by atoms with Crippen molar-refractivity contribution in [1.82, 2.24) is 5.32 Å². The van der Waals surface area contributed by atoms with Crippen LogP contribution in [-0.2, 0) is 19.0 Å². The van der Waals surface area contributed by atoms with Crippen LogP contribution >= 0.6 is 0 Å². The van der Waals surface area contributed by atoms with E-state index in [1.807, 2.05) is 13.8 Å². The maximum atomic E-state index is 11.3. The van der Waals surface area contributed by atoms with E-state index in [0.29, 0.717) is 26.4 Å². The number of methoxy groups -OCH3 is 1. The van der Waals surface area contributed by atoms with Crippen molar-refractivity contribution in [3.63, 3.8) is 0 Å². The molecule has 1 N–H and O–H groups in total. The fourth-order valence-electron chi connectivity index (χ4n) is 1.54. The number of esters is 1. The van der Waals surface area contributed by atoms with E-state index in [9.17, 15) is 4.79 Å². The van der Waals surface area contributed by atoms with Crippen LogP contribution in [0.5, 0.6) is 0 Å². The molecule has 0 aromatic rings. The molecule has 3 atom stereocenters.